The number of pyridine rings is 1. The molecule has 0 saturated carbocycles. The molecule has 2 aromatic heterocycles. The van der Waals surface area contributed by atoms with Gasteiger partial charge in [0.2, 0.25) is 0 Å². The molecular formula is C15H20N2O2. The Labute approximate surface area is 113 Å². The van der Waals surface area contributed by atoms with E-state index in [-0.39, 0.29) is 0 Å². The molecule has 0 fully saturated rings. The molecule has 0 aliphatic carbocycles. The number of ether oxygens (including phenoxy) is 1. The summed E-state index contributed by atoms with van der Waals surface area (Å²) in [4.78, 5) is 4.26. The lowest BCUT2D eigenvalue weighted by Crippen LogP contribution is -2.16. The van der Waals surface area contributed by atoms with Crippen molar-refractivity contribution in [3.8, 4) is 0 Å². The molecule has 0 aliphatic rings. The molecule has 2 heterocycles. The topological polar surface area (TPSA) is 47.3 Å². The summed E-state index contributed by atoms with van der Waals surface area (Å²) in [6.45, 7) is 5.07. The van der Waals surface area contributed by atoms with E-state index in [1.54, 1.807) is 6.26 Å². The van der Waals surface area contributed by atoms with Crippen LogP contribution in [0.3, 0.4) is 0 Å². The van der Waals surface area contributed by atoms with Crippen LogP contribution in [0.2, 0.25) is 0 Å². The number of rotatable bonds is 8. The fraction of sp³-hybridized carbons (Fsp3) is 0.400. The molecule has 19 heavy (non-hydrogen) atoms. The van der Waals surface area contributed by atoms with Crippen molar-refractivity contribution in [2.75, 3.05) is 13.2 Å². The zero-order valence-corrected chi connectivity index (χ0v) is 11.3. The first kappa shape index (κ1) is 13.8. The van der Waals surface area contributed by atoms with Crippen LogP contribution in [0.25, 0.3) is 0 Å². The van der Waals surface area contributed by atoms with Crippen LogP contribution >= 0.6 is 0 Å². The number of aromatic nitrogens is 1. The summed E-state index contributed by atoms with van der Waals surface area (Å²) in [5.74, 6) is 0.874. The Bertz CT molecular complexity index is 452. The second-order valence-electron chi connectivity index (χ2n) is 4.47. The van der Waals surface area contributed by atoms with Crippen LogP contribution in [-0.4, -0.2) is 18.1 Å². The summed E-state index contributed by atoms with van der Waals surface area (Å²) in [5.41, 5.74) is 2.26. The molecule has 0 aromatic carbocycles. The molecule has 0 amide bonds. The van der Waals surface area contributed by atoms with Crippen LogP contribution < -0.4 is 5.32 Å². The van der Waals surface area contributed by atoms with E-state index in [4.69, 9.17) is 9.15 Å². The van der Waals surface area contributed by atoms with E-state index in [0.717, 1.165) is 37.6 Å². The number of nitrogens with one attached hydrogen (secondary N) is 1. The van der Waals surface area contributed by atoms with Crippen molar-refractivity contribution in [1.29, 1.82) is 0 Å². The molecule has 102 valence electrons. The summed E-state index contributed by atoms with van der Waals surface area (Å²) < 4.78 is 10.7. The Morgan fingerprint density at radius 1 is 1.32 bits per heavy atom. The van der Waals surface area contributed by atoms with E-state index < -0.39 is 0 Å². The highest BCUT2D eigenvalue weighted by Gasteiger charge is 1.96. The lowest BCUT2D eigenvalue weighted by Gasteiger charge is -2.05. The highest BCUT2D eigenvalue weighted by atomic mass is 16.5. The third-order valence-electron chi connectivity index (χ3n) is 2.77. The molecule has 0 bridgehead atoms. The van der Waals surface area contributed by atoms with Crippen molar-refractivity contribution in [3.05, 3.63) is 53.7 Å². The first-order chi connectivity index (χ1) is 9.34. The Morgan fingerprint density at radius 3 is 3.00 bits per heavy atom. The lowest BCUT2D eigenvalue weighted by atomic mass is 10.2. The van der Waals surface area contributed by atoms with Gasteiger partial charge in [-0.15, -0.1) is 0 Å². The normalized spacial score (nSPS) is 10.8. The van der Waals surface area contributed by atoms with E-state index in [9.17, 15) is 0 Å². The first-order valence-electron chi connectivity index (χ1n) is 6.57. The van der Waals surface area contributed by atoms with Crippen LogP contribution in [0.15, 0.2) is 41.1 Å². The van der Waals surface area contributed by atoms with Crippen molar-refractivity contribution in [3.63, 3.8) is 0 Å². The summed E-state index contributed by atoms with van der Waals surface area (Å²) in [7, 11) is 0. The highest BCUT2D eigenvalue weighted by Crippen LogP contribution is 2.02. The third-order valence-corrected chi connectivity index (χ3v) is 2.77. The fourth-order valence-electron chi connectivity index (χ4n) is 1.70. The average Bonchev–Trinajstić information content (AvgIpc) is 2.93. The average molecular weight is 260 g/mol. The molecule has 0 spiro atoms. The lowest BCUT2D eigenvalue weighted by molar-refractivity contribution is 0.104. The summed E-state index contributed by atoms with van der Waals surface area (Å²) in [5, 5.41) is 3.37. The minimum absolute atomic E-state index is 0.550. The van der Waals surface area contributed by atoms with Crippen molar-refractivity contribution in [1.82, 2.24) is 10.3 Å². The van der Waals surface area contributed by atoms with Gasteiger partial charge in [0.15, 0.2) is 0 Å². The quantitative estimate of drug-likeness (QED) is 0.741. The minimum atomic E-state index is 0.550. The minimum Gasteiger partial charge on any atom is -0.467 e. The zero-order valence-electron chi connectivity index (χ0n) is 11.3. The Kier molecular flexibility index (Phi) is 5.59. The van der Waals surface area contributed by atoms with Gasteiger partial charge < -0.3 is 14.5 Å². The van der Waals surface area contributed by atoms with Crippen molar-refractivity contribution >= 4 is 0 Å². The summed E-state index contributed by atoms with van der Waals surface area (Å²) in [6, 6.07) is 7.92. The van der Waals surface area contributed by atoms with Crippen molar-refractivity contribution in [2.24, 2.45) is 0 Å². The summed E-state index contributed by atoms with van der Waals surface area (Å²) in [6.07, 6.45) is 4.56. The fourth-order valence-corrected chi connectivity index (χ4v) is 1.70. The molecule has 4 nitrogen and oxygen atoms in total. The maximum Gasteiger partial charge on any atom is 0.129 e. The number of furan rings is 1. The molecular weight excluding hydrogens is 240 g/mol. The van der Waals surface area contributed by atoms with Gasteiger partial charge >= 0.3 is 0 Å². The van der Waals surface area contributed by atoms with Crippen LogP contribution in [0.5, 0.6) is 0 Å². The largest absolute Gasteiger partial charge is 0.467 e. The van der Waals surface area contributed by atoms with Crippen LogP contribution in [0.1, 0.15) is 23.4 Å². The molecule has 2 aromatic rings. The van der Waals surface area contributed by atoms with E-state index >= 15 is 0 Å². The Hall–Kier alpha value is -1.65. The molecule has 0 atom stereocenters. The van der Waals surface area contributed by atoms with Gasteiger partial charge in [0.25, 0.3) is 0 Å². The van der Waals surface area contributed by atoms with Gasteiger partial charge in [0, 0.05) is 25.0 Å². The molecule has 4 heteroatoms. The smallest absolute Gasteiger partial charge is 0.129 e. The van der Waals surface area contributed by atoms with Crippen LogP contribution in [0, 0.1) is 6.92 Å². The van der Waals surface area contributed by atoms with Gasteiger partial charge in [-0.25, -0.2) is 0 Å². The van der Waals surface area contributed by atoms with Crippen molar-refractivity contribution in [2.45, 2.75) is 26.5 Å². The predicted octanol–water partition coefficient (Wildman–Crippen LogP) is 2.68. The summed E-state index contributed by atoms with van der Waals surface area (Å²) >= 11 is 0. The molecule has 0 saturated heterocycles. The van der Waals surface area contributed by atoms with Gasteiger partial charge in [0.05, 0.1) is 6.26 Å². The van der Waals surface area contributed by atoms with Crippen LogP contribution in [0.4, 0.5) is 0 Å². The zero-order chi connectivity index (χ0) is 13.3. The van der Waals surface area contributed by atoms with Gasteiger partial charge in [-0.05, 0) is 43.7 Å². The Balaban J connectivity index is 1.49. The van der Waals surface area contributed by atoms with E-state index in [1.165, 1.54) is 5.56 Å². The van der Waals surface area contributed by atoms with E-state index in [1.807, 2.05) is 31.3 Å². The molecule has 0 radical (unpaired) electrons. The van der Waals surface area contributed by atoms with E-state index in [2.05, 4.69) is 16.4 Å². The molecule has 0 aliphatic heterocycles. The maximum atomic E-state index is 5.50. The molecule has 0 unspecified atom stereocenters. The van der Waals surface area contributed by atoms with Gasteiger partial charge in [-0.1, -0.05) is 6.07 Å². The highest BCUT2D eigenvalue weighted by molar-refractivity contribution is 5.12. The first-order valence-corrected chi connectivity index (χ1v) is 6.57. The standard InChI is InChI=1S/C15H20N2O2/c1-13-5-6-14(11-17-13)10-16-7-3-8-18-12-15-4-2-9-19-15/h2,4-6,9,11,16H,3,7-8,10,12H2,1H3. The van der Waals surface area contributed by atoms with Gasteiger partial charge in [0.1, 0.15) is 12.4 Å². The Morgan fingerprint density at radius 2 is 2.26 bits per heavy atom. The van der Waals surface area contributed by atoms with Gasteiger partial charge in [-0.2, -0.15) is 0 Å². The van der Waals surface area contributed by atoms with Crippen molar-refractivity contribution < 1.29 is 9.15 Å². The predicted molar refractivity (Wildman–Crippen MR) is 73.7 cm³/mol. The number of hydrogen-bond acceptors (Lipinski definition) is 4. The number of aryl methyl sites for hydroxylation is 1. The number of nitrogens with zero attached hydrogens (tertiary/aromatic N) is 1. The monoisotopic (exact) mass is 260 g/mol. The maximum absolute atomic E-state index is 5.50. The molecule has 1 N–H and O–H groups in total. The second-order valence-corrected chi connectivity index (χ2v) is 4.47. The second kappa shape index (κ2) is 7.71. The number of hydrogen-bond donors (Lipinski definition) is 1. The van der Waals surface area contributed by atoms with Crippen LogP contribution in [-0.2, 0) is 17.9 Å². The third kappa shape index (κ3) is 5.24. The van der Waals surface area contributed by atoms with E-state index in [0.29, 0.717) is 6.61 Å². The van der Waals surface area contributed by atoms with Gasteiger partial charge in [-0.3, -0.25) is 4.98 Å². The molecule has 2 rings (SSSR count). The SMILES string of the molecule is Cc1ccc(CNCCCOCc2ccco2)cn1.